The summed E-state index contributed by atoms with van der Waals surface area (Å²) < 4.78 is 34.0. The number of sulfonamides is 1. The molecule has 0 saturated heterocycles. The lowest BCUT2D eigenvalue weighted by atomic mass is 10.1. The van der Waals surface area contributed by atoms with Gasteiger partial charge in [-0.2, -0.15) is 4.98 Å². The topological polar surface area (TPSA) is 85.1 Å². The molecule has 0 fully saturated rings. The van der Waals surface area contributed by atoms with Gasteiger partial charge in [-0.15, -0.1) is 11.3 Å². The van der Waals surface area contributed by atoms with Crippen LogP contribution in [0.1, 0.15) is 16.0 Å². The molecule has 2 aromatic carbocycles. The number of benzene rings is 2. The fourth-order valence-corrected chi connectivity index (χ4v) is 5.56. The van der Waals surface area contributed by atoms with Gasteiger partial charge in [0.05, 0.1) is 10.6 Å². The summed E-state index contributed by atoms with van der Waals surface area (Å²) in [7, 11) is -3.75. The number of hydrogen-bond acceptors (Lipinski definition) is 6. The first kappa shape index (κ1) is 19.4. The zero-order valence-electron chi connectivity index (χ0n) is 16.1. The van der Waals surface area contributed by atoms with Gasteiger partial charge in [-0.1, -0.05) is 47.6 Å². The summed E-state index contributed by atoms with van der Waals surface area (Å²) in [6.45, 7) is 5.60. The number of anilines is 1. The van der Waals surface area contributed by atoms with E-state index in [2.05, 4.69) is 14.9 Å². The van der Waals surface area contributed by atoms with E-state index >= 15 is 0 Å². The van der Waals surface area contributed by atoms with E-state index in [1.54, 1.807) is 19.1 Å². The molecule has 4 aromatic rings. The zero-order chi connectivity index (χ0) is 20.6. The van der Waals surface area contributed by atoms with E-state index in [4.69, 9.17) is 4.52 Å². The van der Waals surface area contributed by atoms with Crippen LogP contribution in [-0.4, -0.2) is 18.6 Å². The van der Waals surface area contributed by atoms with E-state index in [0.29, 0.717) is 27.2 Å². The van der Waals surface area contributed by atoms with E-state index in [0.717, 1.165) is 16.7 Å². The van der Waals surface area contributed by atoms with Crippen molar-refractivity contribution >= 4 is 27.0 Å². The molecule has 1 N–H and O–H groups in total. The molecule has 0 amide bonds. The van der Waals surface area contributed by atoms with Crippen LogP contribution in [0, 0.1) is 20.8 Å². The summed E-state index contributed by atoms with van der Waals surface area (Å²) in [5.41, 5.74) is 3.32. The van der Waals surface area contributed by atoms with Crippen molar-refractivity contribution in [2.75, 3.05) is 4.72 Å². The summed E-state index contributed by atoms with van der Waals surface area (Å²) in [5.74, 6) is 0.759. The molecule has 29 heavy (non-hydrogen) atoms. The number of nitrogens with zero attached hydrogens (tertiary/aromatic N) is 2. The van der Waals surface area contributed by atoms with Crippen molar-refractivity contribution in [1.29, 1.82) is 0 Å². The number of hydrogen-bond donors (Lipinski definition) is 1. The number of rotatable bonds is 5. The number of nitrogens with one attached hydrogen (secondary N) is 1. The SMILES string of the molecule is Cc1cccc(NS(=O)(=O)c2cc(-c3nc(-c4ccccc4)no3)sc2C)c1C. The molecule has 2 aromatic heterocycles. The van der Waals surface area contributed by atoms with Crippen LogP contribution in [0.5, 0.6) is 0 Å². The molecular weight excluding hydrogens is 406 g/mol. The fraction of sp³-hybridized carbons (Fsp3) is 0.143. The largest absolute Gasteiger partial charge is 0.333 e. The molecule has 0 aliphatic carbocycles. The van der Waals surface area contributed by atoms with Crippen LogP contribution in [0.2, 0.25) is 0 Å². The second-order valence-corrected chi connectivity index (χ2v) is 9.58. The van der Waals surface area contributed by atoms with Crippen molar-refractivity contribution < 1.29 is 12.9 Å². The van der Waals surface area contributed by atoms with Crippen LogP contribution in [0.3, 0.4) is 0 Å². The third-order valence-electron chi connectivity index (χ3n) is 4.68. The van der Waals surface area contributed by atoms with E-state index in [-0.39, 0.29) is 4.90 Å². The lowest BCUT2D eigenvalue weighted by Gasteiger charge is -2.11. The highest BCUT2D eigenvalue weighted by atomic mass is 32.2. The van der Waals surface area contributed by atoms with E-state index in [9.17, 15) is 8.42 Å². The van der Waals surface area contributed by atoms with E-state index in [1.807, 2.05) is 56.3 Å². The Labute approximate surface area is 173 Å². The molecule has 0 radical (unpaired) electrons. The van der Waals surface area contributed by atoms with Crippen molar-refractivity contribution in [1.82, 2.24) is 10.1 Å². The average Bonchev–Trinajstić information content (AvgIpc) is 3.33. The van der Waals surface area contributed by atoms with Gasteiger partial charge in [0.15, 0.2) is 0 Å². The van der Waals surface area contributed by atoms with Gasteiger partial charge < -0.3 is 4.52 Å². The second-order valence-electron chi connectivity index (χ2n) is 6.67. The lowest BCUT2D eigenvalue weighted by molar-refractivity contribution is 0.433. The molecule has 6 nitrogen and oxygen atoms in total. The van der Waals surface area contributed by atoms with Crippen molar-refractivity contribution in [2.45, 2.75) is 25.7 Å². The molecule has 0 saturated carbocycles. The molecule has 8 heteroatoms. The quantitative estimate of drug-likeness (QED) is 0.475. The Kier molecular flexibility index (Phi) is 4.97. The smallest absolute Gasteiger partial charge is 0.268 e. The minimum absolute atomic E-state index is 0.206. The monoisotopic (exact) mass is 425 g/mol. The molecule has 148 valence electrons. The van der Waals surface area contributed by atoms with E-state index in [1.165, 1.54) is 11.3 Å². The summed E-state index contributed by atoms with van der Waals surface area (Å²) in [5, 5.41) is 4.01. The van der Waals surface area contributed by atoms with Crippen molar-refractivity contribution in [3.8, 4) is 22.2 Å². The van der Waals surface area contributed by atoms with Gasteiger partial charge in [-0.25, -0.2) is 8.42 Å². The maximum absolute atomic E-state index is 13.0. The predicted octanol–water partition coefficient (Wildman–Crippen LogP) is 5.19. The lowest BCUT2D eigenvalue weighted by Crippen LogP contribution is -2.14. The second kappa shape index (κ2) is 7.46. The van der Waals surface area contributed by atoms with Crippen LogP contribution < -0.4 is 4.72 Å². The van der Waals surface area contributed by atoms with Gasteiger partial charge in [0.25, 0.3) is 15.9 Å². The van der Waals surface area contributed by atoms with Gasteiger partial charge >= 0.3 is 0 Å². The maximum Gasteiger partial charge on any atom is 0.268 e. The van der Waals surface area contributed by atoms with Gasteiger partial charge in [-0.05, 0) is 44.0 Å². The Balaban J connectivity index is 1.66. The molecule has 4 rings (SSSR count). The van der Waals surface area contributed by atoms with Gasteiger partial charge in [-0.3, -0.25) is 4.72 Å². The molecular formula is C21H19N3O3S2. The third-order valence-corrected chi connectivity index (χ3v) is 7.34. The highest BCUT2D eigenvalue weighted by Gasteiger charge is 2.23. The average molecular weight is 426 g/mol. The maximum atomic E-state index is 13.0. The minimum Gasteiger partial charge on any atom is -0.333 e. The summed E-state index contributed by atoms with van der Waals surface area (Å²) >= 11 is 1.31. The van der Waals surface area contributed by atoms with Crippen molar-refractivity contribution in [2.24, 2.45) is 0 Å². The molecule has 0 aliphatic heterocycles. The summed E-state index contributed by atoms with van der Waals surface area (Å²) in [4.78, 5) is 5.88. The molecule has 0 unspecified atom stereocenters. The standard InChI is InChI=1S/C21H19N3O3S2/c1-13-8-7-11-17(14(13)2)24-29(25,26)19-12-18(28-15(19)3)21-22-20(23-27-21)16-9-5-4-6-10-16/h4-12,24H,1-3H3. The summed E-state index contributed by atoms with van der Waals surface area (Å²) in [6.07, 6.45) is 0. The fourth-order valence-electron chi connectivity index (χ4n) is 2.93. The van der Waals surface area contributed by atoms with Crippen LogP contribution >= 0.6 is 11.3 Å². The van der Waals surface area contributed by atoms with Gasteiger partial charge in [0.1, 0.15) is 4.90 Å². The first-order valence-corrected chi connectivity index (χ1v) is 11.2. The Morgan fingerprint density at radius 2 is 1.76 bits per heavy atom. The van der Waals surface area contributed by atoms with Crippen molar-refractivity contribution in [3.05, 3.63) is 70.6 Å². The third kappa shape index (κ3) is 3.81. The van der Waals surface area contributed by atoms with Crippen molar-refractivity contribution in [3.63, 3.8) is 0 Å². The van der Waals surface area contributed by atoms with Crippen LogP contribution in [-0.2, 0) is 10.0 Å². The molecule has 0 bridgehead atoms. The number of thiophene rings is 1. The minimum atomic E-state index is -3.75. The van der Waals surface area contributed by atoms with E-state index < -0.39 is 10.0 Å². The molecule has 0 spiro atoms. The molecule has 0 atom stereocenters. The number of aromatic nitrogens is 2. The Morgan fingerprint density at radius 3 is 2.52 bits per heavy atom. The zero-order valence-corrected chi connectivity index (χ0v) is 17.8. The highest BCUT2D eigenvalue weighted by molar-refractivity contribution is 7.93. The number of aryl methyl sites for hydroxylation is 2. The van der Waals surface area contributed by atoms with Gasteiger partial charge in [0, 0.05) is 10.4 Å². The summed E-state index contributed by atoms with van der Waals surface area (Å²) in [6, 6.07) is 16.6. The van der Waals surface area contributed by atoms with Crippen LogP contribution in [0.25, 0.3) is 22.2 Å². The Hall–Kier alpha value is -2.97. The Bertz CT molecular complexity index is 1280. The van der Waals surface area contributed by atoms with Crippen LogP contribution in [0.15, 0.2) is 64.0 Å². The van der Waals surface area contributed by atoms with Crippen LogP contribution in [0.4, 0.5) is 5.69 Å². The Morgan fingerprint density at radius 1 is 1.00 bits per heavy atom. The first-order valence-electron chi connectivity index (χ1n) is 8.94. The highest BCUT2D eigenvalue weighted by Crippen LogP contribution is 2.34. The normalized spacial score (nSPS) is 11.6. The molecule has 2 heterocycles. The molecule has 0 aliphatic rings. The first-order chi connectivity index (χ1) is 13.8. The van der Waals surface area contributed by atoms with Gasteiger partial charge in [0.2, 0.25) is 5.82 Å². The predicted molar refractivity (Wildman–Crippen MR) is 115 cm³/mol.